The van der Waals surface area contributed by atoms with Crippen LogP contribution in [-0.2, 0) is 16.6 Å². The van der Waals surface area contributed by atoms with Gasteiger partial charge in [0, 0.05) is 44.6 Å². The van der Waals surface area contributed by atoms with Crippen LogP contribution < -0.4 is 0 Å². The van der Waals surface area contributed by atoms with Gasteiger partial charge >= 0.3 is 0 Å². The summed E-state index contributed by atoms with van der Waals surface area (Å²) in [4.78, 5) is 6.45. The van der Waals surface area contributed by atoms with E-state index < -0.39 is 10.0 Å². The van der Waals surface area contributed by atoms with Gasteiger partial charge in [-0.25, -0.2) is 8.42 Å². The Morgan fingerprint density at radius 3 is 2.50 bits per heavy atom. The van der Waals surface area contributed by atoms with Crippen molar-refractivity contribution in [3.63, 3.8) is 0 Å². The molecule has 2 heterocycles. The molecule has 5 nitrogen and oxygen atoms in total. The SMILES string of the molecule is Cc1cc(CN2CCN(S(C)(=O)=O)CC2)ccn1. The van der Waals surface area contributed by atoms with Crippen molar-refractivity contribution in [2.24, 2.45) is 0 Å². The average molecular weight is 269 g/mol. The van der Waals surface area contributed by atoms with Crippen LogP contribution in [0.5, 0.6) is 0 Å². The van der Waals surface area contributed by atoms with Crippen LogP contribution in [-0.4, -0.2) is 55.0 Å². The second kappa shape index (κ2) is 5.34. The van der Waals surface area contributed by atoms with Crippen LogP contribution in [0.25, 0.3) is 0 Å². The number of hydrogen-bond acceptors (Lipinski definition) is 4. The summed E-state index contributed by atoms with van der Waals surface area (Å²) in [6.45, 7) is 5.58. The predicted molar refractivity (Wildman–Crippen MR) is 70.7 cm³/mol. The van der Waals surface area contributed by atoms with Crippen molar-refractivity contribution in [1.29, 1.82) is 0 Å². The van der Waals surface area contributed by atoms with Crippen LogP contribution in [0.15, 0.2) is 18.3 Å². The summed E-state index contributed by atoms with van der Waals surface area (Å²) in [6.07, 6.45) is 3.09. The van der Waals surface area contributed by atoms with Gasteiger partial charge in [0.05, 0.1) is 6.26 Å². The summed E-state index contributed by atoms with van der Waals surface area (Å²) in [7, 11) is -3.03. The number of piperazine rings is 1. The molecule has 18 heavy (non-hydrogen) atoms. The number of sulfonamides is 1. The molecular formula is C12H19N3O2S. The molecule has 0 aliphatic carbocycles. The second-order valence-corrected chi connectivity index (χ2v) is 6.73. The third-order valence-corrected chi connectivity index (χ3v) is 4.47. The molecule has 0 bridgehead atoms. The van der Waals surface area contributed by atoms with Crippen LogP contribution in [0.4, 0.5) is 0 Å². The number of pyridine rings is 1. The Kier molecular flexibility index (Phi) is 3.99. The van der Waals surface area contributed by atoms with Crippen molar-refractivity contribution in [3.05, 3.63) is 29.6 Å². The van der Waals surface area contributed by atoms with Crippen molar-refractivity contribution in [2.75, 3.05) is 32.4 Å². The maximum absolute atomic E-state index is 11.4. The minimum Gasteiger partial charge on any atom is -0.296 e. The Labute approximate surface area is 108 Å². The van der Waals surface area contributed by atoms with Crippen LogP contribution in [0, 0.1) is 6.92 Å². The molecule has 0 spiro atoms. The Balaban J connectivity index is 1.91. The number of aryl methyl sites for hydroxylation is 1. The summed E-state index contributed by atoms with van der Waals surface area (Å²) < 4.78 is 24.3. The highest BCUT2D eigenvalue weighted by Gasteiger charge is 2.23. The zero-order valence-corrected chi connectivity index (χ0v) is 11.7. The third-order valence-electron chi connectivity index (χ3n) is 3.17. The van der Waals surface area contributed by atoms with E-state index in [4.69, 9.17) is 0 Å². The van der Waals surface area contributed by atoms with Crippen molar-refractivity contribution >= 4 is 10.0 Å². The molecule has 0 saturated carbocycles. The molecule has 0 aromatic carbocycles. The molecule has 2 rings (SSSR count). The third kappa shape index (κ3) is 3.51. The Bertz CT molecular complexity index is 508. The van der Waals surface area contributed by atoms with Gasteiger partial charge in [0.2, 0.25) is 10.0 Å². The Hall–Kier alpha value is -0.980. The Morgan fingerprint density at radius 2 is 1.94 bits per heavy atom. The van der Waals surface area contributed by atoms with E-state index in [0.29, 0.717) is 13.1 Å². The number of nitrogens with zero attached hydrogens (tertiary/aromatic N) is 3. The average Bonchev–Trinajstić information content (AvgIpc) is 2.28. The van der Waals surface area contributed by atoms with Gasteiger partial charge in [0.15, 0.2) is 0 Å². The van der Waals surface area contributed by atoms with Crippen LogP contribution in [0.1, 0.15) is 11.3 Å². The monoisotopic (exact) mass is 269 g/mol. The maximum atomic E-state index is 11.4. The summed E-state index contributed by atoms with van der Waals surface area (Å²) in [5, 5.41) is 0. The first kappa shape index (κ1) is 13.5. The zero-order chi connectivity index (χ0) is 13.2. The van der Waals surface area contributed by atoms with Gasteiger partial charge in [-0.15, -0.1) is 0 Å². The minimum absolute atomic E-state index is 0.586. The van der Waals surface area contributed by atoms with Gasteiger partial charge in [0.1, 0.15) is 0 Å². The van der Waals surface area contributed by atoms with Gasteiger partial charge < -0.3 is 0 Å². The van der Waals surface area contributed by atoms with E-state index in [1.54, 1.807) is 4.31 Å². The lowest BCUT2D eigenvalue weighted by molar-refractivity contribution is 0.182. The standard InChI is InChI=1S/C12H19N3O2S/c1-11-9-12(3-4-13-11)10-14-5-7-15(8-6-14)18(2,16)17/h3-4,9H,5-8,10H2,1-2H3. The van der Waals surface area contributed by atoms with Gasteiger partial charge in [-0.2, -0.15) is 4.31 Å². The van der Waals surface area contributed by atoms with Crippen molar-refractivity contribution in [3.8, 4) is 0 Å². The molecule has 1 aliphatic rings. The van der Waals surface area contributed by atoms with E-state index in [1.807, 2.05) is 19.2 Å². The first-order valence-corrected chi connectivity index (χ1v) is 7.89. The fourth-order valence-corrected chi connectivity index (χ4v) is 3.01. The van der Waals surface area contributed by atoms with E-state index >= 15 is 0 Å². The molecule has 0 amide bonds. The molecule has 1 saturated heterocycles. The second-order valence-electron chi connectivity index (χ2n) is 4.74. The number of hydrogen-bond donors (Lipinski definition) is 0. The highest BCUT2D eigenvalue weighted by atomic mass is 32.2. The van der Waals surface area contributed by atoms with Crippen LogP contribution >= 0.6 is 0 Å². The predicted octanol–water partition coefficient (Wildman–Crippen LogP) is 0.467. The lowest BCUT2D eigenvalue weighted by Crippen LogP contribution is -2.47. The molecule has 1 aromatic heterocycles. The van der Waals surface area contributed by atoms with E-state index in [9.17, 15) is 8.42 Å². The smallest absolute Gasteiger partial charge is 0.211 e. The number of aromatic nitrogens is 1. The molecule has 1 aromatic rings. The van der Waals surface area contributed by atoms with Crippen molar-refractivity contribution < 1.29 is 8.42 Å². The summed E-state index contributed by atoms with van der Waals surface area (Å²) in [6, 6.07) is 4.08. The van der Waals surface area contributed by atoms with Gasteiger partial charge in [-0.1, -0.05) is 0 Å². The molecule has 6 heteroatoms. The fraction of sp³-hybridized carbons (Fsp3) is 0.583. The molecule has 0 N–H and O–H groups in total. The summed E-state index contributed by atoms with van der Waals surface area (Å²) >= 11 is 0. The van der Waals surface area contributed by atoms with Crippen molar-refractivity contribution in [1.82, 2.24) is 14.2 Å². The molecular weight excluding hydrogens is 250 g/mol. The lowest BCUT2D eigenvalue weighted by atomic mass is 10.2. The van der Waals surface area contributed by atoms with Gasteiger partial charge in [-0.3, -0.25) is 9.88 Å². The molecule has 0 atom stereocenters. The Morgan fingerprint density at radius 1 is 1.28 bits per heavy atom. The molecule has 100 valence electrons. The van der Waals surface area contributed by atoms with Crippen LogP contribution in [0.2, 0.25) is 0 Å². The summed E-state index contributed by atoms with van der Waals surface area (Å²) in [5.41, 5.74) is 2.25. The normalized spacial score (nSPS) is 19.0. The quantitative estimate of drug-likeness (QED) is 0.800. The molecule has 0 unspecified atom stereocenters. The molecule has 1 fully saturated rings. The van der Waals surface area contributed by atoms with Crippen LogP contribution in [0.3, 0.4) is 0 Å². The zero-order valence-electron chi connectivity index (χ0n) is 10.8. The number of rotatable bonds is 3. The van der Waals surface area contributed by atoms with Gasteiger partial charge in [-0.05, 0) is 24.6 Å². The molecule has 0 radical (unpaired) electrons. The largest absolute Gasteiger partial charge is 0.296 e. The first-order valence-electron chi connectivity index (χ1n) is 6.04. The fourth-order valence-electron chi connectivity index (χ4n) is 2.18. The topological polar surface area (TPSA) is 53.5 Å². The first-order chi connectivity index (χ1) is 8.45. The van der Waals surface area contributed by atoms with Crippen molar-refractivity contribution in [2.45, 2.75) is 13.5 Å². The minimum atomic E-state index is -3.03. The van der Waals surface area contributed by atoms with E-state index in [-0.39, 0.29) is 0 Å². The highest BCUT2D eigenvalue weighted by molar-refractivity contribution is 7.88. The lowest BCUT2D eigenvalue weighted by Gasteiger charge is -2.33. The summed E-state index contributed by atoms with van der Waals surface area (Å²) in [5.74, 6) is 0. The maximum Gasteiger partial charge on any atom is 0.211 e. The molecule has 1 aliphatic heterocycles. The highest BCUT2D eigenvalue weighted by Crippen LogP contribution is 2.10. The van der Waals surface area contributed by atoms with E-state index in [2.05, 4.69) is 16.0 Å². The van der Waals surface area contributed by atoms with E-state index in [0.717, 1.165) is 25.3 Å². The van der Waals surface area contributed by atoms with E-state index in [1.165, 1.54) is 11.8 Å². The van der Waals surface area contributed by atoms with Gasteiger partial charge in [0.25, 0.3) is 0 Å².